The number of aromatic nitrogens is 1. The molecule has 2 heterocycles. The zero-order chi connectivity index (χ0) is 21.8. The summed E-state index contributed by atoms with van der Waals surface area (Å²) in [5.74, 6) is 1.40. The third-order valence-corrected chi connectivity index (χ3v) is 5.96. The number of amides is 1. The molecular weight excluding hydrogens is 420 g/mol. The standard InChI is InChI=1S/C26H20N2O3S/c29-25(13-8-18-4-2-1-3-5-18)27-15-19-6-9-20(10-7-19)26-28-22(16-32-26)21-11-12-23-24(14-21)31-17-30-23/h1-14,16H,15,17H2,(H,27,29)/b13-8+. The summed E-state index contributed by atoms with van der Waals surface area (Å²) in [6.45, 7) is 0.732. The Morgan fingerprint density at radius 3 is 2.59 bits per heavy atom. The highest BCUT2D eigenvalue weighted by Gasteiger charge is 2.15. The number of nitrogens with zero attached hydrogens (tertiary/aromatic N) is 1. The lowest BCUT2D eigenvalue weighted by molar-refractivity contribution is -0.116. The van der Waals surface area contributed by atoms with Gasteiger partial charge in [0.2, 0.25) is 12.7 Å². The van der Waals surface area contributed by atoms with E-state index >= 15 is 0 Å². The van der Waals surface area contributed by atoms with Gasteiger partial charge in [0.05, 0.1) is 5.69 Å². The third kappa shape index (κ3) is 4.55. The number of carbonyl (C=O) groups is 1. The van der Waals surface area contributed by atoms with E-state index < -0.39 is 0 Å². The van der Waals surface area contributed by atoms with Crippen LogP contribution in [0.1, 0.15) is 11.1 Å². The fourth-order valence-electron chi connectivity index (χ4n) is 3.34. The zero-order valence-electron chi connectivity index (χ0n) is 17.2. The van der Waals surface area contributed by atoms with Crippen molar-refractivity contribution in [3.05, 3.63) is 95.4 Å². The van der Waals surface area contributed by atoms with Crippen LogP contribution in [0.25, 0.3) is 27.9 Å². The fourth-order valence-corrected chi connectivity index (χ4v) is 4.18. The van der Waals surface area contributed by atoms with Crippen molar-refractivity contribution in [2.75, 3.05) is 6.79 Å². The van der Waals surface area contributed by atoms with Crippen LogP contribution in [0.4, 0.5) is 0 Å². The van der Waals surface area contributed by atoms with E-state index in [2.05, 4.69) is 5.32 Å². The Kier molecular flexibility index (Phi) is 5.68. The average Bonchev–Trinajstić information content (AvgIpc) is 3.52. The first-order chi connectivity index (χ1) is 15.7. The van der Waals surface area contributed by atoms with Gasteiger partial charge < -0.3 is 14.8 Å². The van der Waals surface area contributed by atoms with Crippen molar-refractivity contribution in [3.63, 3.8) is 0 Å². The second kappa shape index (κ2) is 9.08. The van der Waals surface area contributed by atoms with Crippen molar-refractivity contribution in [1.82, 2.24) is 10.3 Å². The molecule has 0 unspecified atom stereocenters. The SMILES string of the molecule is O=C(/C=C/c1ccccc1)NCc1ccc(-c2nc(-c3ccc4c(c3)OCO4)cs2)cc1. The largest absolute Gasteiger partial charge is 0.454 e. The molecule has 0 spiro atoms. The van der Waals surface area contributed by atoms with Crippen molar-refractivity contribution in [3.8, 4) is 33.3 Å². The Bertz CT molecular complexity index is 1260. The molecule has 1 amide bonds. The smallest absolute Gasteiger partial charge is 0.244 e. The molecule has 158 valence electrons. The molecule has 0 atom stereocenters. The van der Waals surface area contributed by atoms with Crippen molar-refractivity contribution >= 4 is 23.3 Å². The molecule has 0 saturated heterocycles. The van der Waals surface area contributed by atoms with Crippen LogP contribution >= 0.6 is 11.3 Å². The molecule has 3 aromatic carbocycles. The molecule has 1 aliphatic rings. The number of fused-ring (bicyclic) bond motifs is 1. The van der Waals surface area contributed by atoms with Gasteiger partial charge in [0.1, 0.15) is 5.01 Å². The quantitative estimate of drug-likeness (QED) is 0.400. The predicted octanol–water partition coefficient (Wildman–Crippen LogP) is 5.54. The maximum Gasteiger partial charge on any atom is 0.244 e. The van der Waals surface area contributed by atoms with E-state index in [1.54, 1.807) is 23.5 Å². The number of benzene rings is 3. The Hall–Kier alpha value is -3.90. The molecule has 5 rings (SSSR count). The van der Waals surface area contributed by atoms with Gasteiger partial charge in [-0.25, -0.2) is 4.98 Å². The number of hydrogen-bond acceptors (Lipinski definition) is 5. The molecule has 0 radical (unpaired) electrons. The van der Waals surface area contributed by atoms with Crippen LogP contribution in [0.15, 0.2) is 84.3 Å². The van der Waals surface area contributed by atoms with E-state index in [-0.39, 0.29) is 12.7 Å². The molecule has 4 aromatic rings. The highest BCUT2D eigenvalue weighted by molar-refractivity contribution is 7.13. The minimum absolute atomic E-state index is 0.119. The Balaban J connectivity index is 1.21. The second-order valence-electron chi connectivity index (χ2n) is 7.26. The first kappa shape index (κ1) is 20.0. The van der Waals surface area contributed by atoms with Gasteiger partial charge in [-0.1, -0.05) is 54.6 Å². The fraction of sp³-hybridized carbons (Fsp3) is 0.0769. The van der Waals surface area contributed by atoms with Crippen LogP contribution in [0.2, 0.25) is 0 Å². The Morgan fingerprint density at radius 1 is 0.969 bits per heavy atom. The van der Waals surface area contributed by atoms with E-state index in [0.29, 0.717) is 6.54 Å². The van der Waals surface area contributed by atoms with Crippen LogP contribution < -0.4 is 14.8 Å². The lowest BCUT2D eigenvalue weighted by Gasteiger charge is -2.04. The second-order valence-corrected chi connectivity index (χ2v) is 8.12. The molecule has 32 heavy (non-hydrogen) atoms. The molecule has 1 aromatic heterocycles. The van der Waals surface area contributed by atoms with Crippen molar-refractivity contribution in [2.24, 2.45) is 0 Å². The monoisotopic (exact) mass is 440 g/mol. The molecule has 5 nitrogen and oxygen atoms in total. The average molecular weight is 441 g/mol. The van der Waals surface area contributed by atoms with Crippen LogP contribution in [0.5, 0.6) is 11.5 Å². The molecule has 0 bridgehead atoms. The van der Waals surface area contributed by atoms with E-state index in [1.165, 1.54) is 0 Å². The van der Waals surface area contributed by atoms with Crippen molar-refractivity contribution < 1.29 is 14.3 Å². The van der Waals surface area contributed by atoms with Gasteiger partial charge in [0.25, 0.3) is 0 Å². The minimum atomic E-state index is -0.119. The predicted molar refractivity (Wildman–Crippen MR) is 126 cm³/mol. The van der Waals surface area contributed by atoms with Gasteiger partial charge >= 0.3 is 0 Å². The zero-order valence-corrected chi connectivity index (χ0v) is 18.0. The molecule has 6 heteroatoms. The van der Waals surface area contributed by atoms with Gasteiger partial charge in [-0.05, 0) is 35.4 Å². The topological polar surface area (TPSA) is 60.5 Å². The van der Waals surface area contributed by atoms with Gasteiger partial charge in [-0.2, -0.15) is 0 Å². The van der Waals surface area contributed by atoms with Crippen molar-refractivity contribution in [2.45, 2.75) is 6.54 Å². The minimum Gasteiger partial charge on any atom is -0.454 e. The summed E-state index contributed by atoms with van der Waals surface area (Å²) < 4.78 is 10.8. The number of carbonyl (C=O) groups excluding carboxylic acids is 1. The summed E-state index contributed by atoms with van der Waals surface area (Å²) in [6, 6.07) is 23.7. The molecule has 1 N–H and O–H groups in total. The van der Waals surface area contributed by atoms with Gasteiger partial charge in [-0.15, -0.1) is 11.3 Å². The maximum absolute atomic E-state index is 12.1. The van der Waals surface area contributed by atoms with E-state index in [9.17, 15) is 4.79 Å². The Labute approximate surface area is 190 Å². The number of hydrogen-bond donors (Lipinski definition) is 1. The molecule has 0 saturated carbocycles. The van der Waals surface area contributed by atoms with Gasteiger partial charge in [0, 0.05) is 29.1 Å². The number of thiazole rings is 1. The first-order valence-electron chi connectivity index (χ1n) is 10.2. The normalized spacial score (nSPS) is 12.2. The third-order valence-electron chi connectivity index (χ3n) is 5.07. The number of nitrogens with one attached hydrogen (secondary N) is 1. The summed E-state index contributed by atoms with van der Waals surface area (Å²) in [6.07, 6.45) is 3.36. The van der Waals surface area contributed by atoms with Crippen molar-refractivity contribution in [1.29, 1.82) is 0 Å². The maximum atomic E-state index is 12.1. The highest BCUT2D eigenvalue weighted by Crippen LogP contribution is 2.37. The van der Waals surface area contributed by atoms with E-state index in [4.69, 9.17) is 14.5 Å². The summed E-state index contributed by atoms with van der Waals surface area (Å²) in [5, 5.41) is 5.90. The van der Waals surface area contributed by atoms with E-state index in [0.717, 1.165) is 44.5 Å². The summed E-state index contributed by atoms with van der Waals surface area (Å²) in [5.41, 5.74) is 4.98. The van der Waals surface area contributed by atoms with Crippen LogP contribution in [0.3, 0.4) is 0 Å². The van der Waals surface area contributed by atoms with Gasteiger partial charge in [0.15, 0.2) is 11.5 Å². The highest BCUT2D eigenvalue weighted by atomic mass is 32.1. The molecular formula is C26H20N2O3S. The van der Waals surface area contributed by atoms with Crippen LogP contribution in [0, 0.1) is 0 Å². The van der Waals surface area contributed by atoms with Gasteiger partial charge in [-0.3, -0.25) is 4.79 Å². The summed E-state index contributed by atoms with van der Waals surface area (Å²) in [4.78, 5) is 16.8. The Morgan fingerprint density at radius 2 is 1.75 bits per heavy atom. The summed E-state index contributed by atoms with van der Waals surface area (Å²) in [7, 11) is 0. The first-order valence-corrected chi connectivity index (χ1v) is 11.1. The number of ether oxygens (including phenoxy) is 2. The van der Waals surface area contributed by atoms with Crippen LogP contribution in [-0.2, 0) is 11.3 Å². The van der Waals surface area contributed by atoms with Crippen LogP contribution in [-0.4, -0.2) is 17.7 Å². The molecule has 0 fully saturated rings. The van der Waals surface area contributed by atoms with E-state index in [1.807, 2.05) is 78.2 Å². The molecule has 1 aliphatic heterocycles. The molecule has 0 aliphatic carbocycles. The summed E-state index contributed by atoms with van der Waals surface area (Å²) >= 11 is 1.60. The lowest BCUT2D eigenvalue weighted by atomic mass is 10.1. The number of rotatable bonds is 6. The lowest BCUT2D eigenvalue weighted by Crippen LogP contribution is -2.20.